The van der Waals surface area contributed by atoms with Crippen LogP contribution in [0.5, 0.6) is 0 Å². The van der Waals surface area contributed by atoms with E-state index in [1.165, 1.54) is 0 Å². The number of fused-ring (bicyclic) bond motifs is 1. The third-order valence-corrected chi connectivity index (χ3v) is 6.78. The molecular formula is C23H25N5O2S. The van der Waals surface area contributed by atoms with E-state index in [9.17, 15) is 4.79 Å². The Morgan fingerprint density at radius 3 is 2.97 bits per heavy atom. The number of anilines is 2. The molecule has 0 saturated carbocycles. The lowest BCUT2D eigenvalue weighted by Gasteiger charge is -2.32. The van der Waals surface area contributed by atoms with Crippen LogP contribution < -0.4 is 5.32 Å². The molecule has 1 unspecified atom stereocenters. The topological polar surface area (TPSA) is 75.7 Å². The van der Waals surface area contributed by atoms with E-state index in [0.717, 1.165) is 47.2 Å². The van der Waals surface area contributed by atoms with Gasteiger partial charge >= 0.3 is 0 Å². The predicted molar refractivity (Wildman–Crippen MR) is 121 cm³/mol. The Morgan fingerprint density at radius 2 is 2.16 bits per heavy atom. The number of likely N-dealkylation sites (tertiary alicyclic amines) is 1. The molecule has 1 aliphatic heterocycles. The highest BCUT2D eigenvalue weighted by Gasteiger charge is 2.32. The third kappa shape index (κ3) is 3.61. The first-order valence-electron chi connectivity index (χ1n) is 10.7. The monoisotopic (exact) mass is 435 g/mol. The zero-order valence-electron chi connectivity index (χ0n) is 17.7. The molecular weight excluding hydrogens is 410 g/mol. The summed E-state index contributed by atoms with van der Waals surface area (Å²) in [5.41, 5.74) is 3.42. The van der Waals surface area contributed by atoms with E-state index < -0.39 is 0 Å². The molecule has 160 valence electrons. The molecule has 7 nitrogen and oxygen atoms in total. The molecule has 1 atom stereocenters. The van der Waals surface area contributed by atoms with Crippen molar-refractivity contribution >= 4 is 33.7 Å². The molecule has 5 rings (SSSR count). The van der Waals surface area contributed by atoms with Crippen LogP contribution in [0.3, 0.4) is 0 Å². The van der Waals surface area contributed by atoms with Gasteiger partial charge in [0.05, 0.1) is 11.4 Å². The molecule has 4 heterocycles. The number of nitrogens with zero attached hydrogens (tertiary/aromatic N) is 4. The maximum atomic E-state index is 13.3. The van der Waals surface area contributed by atoms with Gasteiger partial charge in [-0.05, 0) is 38.3 Å². The van der Waals surface area contributed by atoms with Crippen molar-refractivity contribution in [3.8, 4) is 0 Å². The van der Waals surface area contributed by atoms with Crippen molar-refractivity contribution in [3.63, 3.8) is 0 Å². The second kappa shape index (κ2) is 8.19. The van der Waals surface area contributed by atoms with Gasteiger partial charge in [-0.3, -0.25) is 9.20 Å². The first kappa shape index (κ1) is 19.8. The van der Waals surface area contributed by atoms with Gasteiger partial charge < -0.3 is 14.7 Å². The number of hydrogen-bond donors (Lipinski definition) is 1. The van der Waals surface area contributed by atoms with Crippen molar-refractivity contribution < 1.29 is 9.32 Å². The Labute approximate surface area is 184 Å². The predicted octanol–water partition coefficient (Wildman–Crippen LogP) is 5.02. The van der Waals surface area contributed by atoms with Crippen molar-refractivity contribution in [1.82, 2.24) is 19.4 Å². The van der Waals surface area contributed by atoms with Crippen molar-refractivity contribution in [1.29, 1.82) is 0 Å². The molecule has 31 heavy (non-hydrogen) atoms. The standard InChI is InChI=1S/C23H25N5O2S/c1-3-18-19(15(2)30-26-18)21(29)27-11-7-8-16(14-27)20-22-28(12-13-31-22)23(25-20)24-17-9-5-4-6-10-17/h4-6,9-10,12-13,16H,3,7-8,11,14H2,1-2H3,(H,24,25). The second-order valence-electron chi connectivity index (χ2n) is 7.89. The van der Waals surface area contributed by atoms with Crippen LogP contribution in [0, 0.1) is 6.92 Å². The van der Waals surface area contributed by atoms with Crippen LogP contribution >= 0.6 is 11.3 Å². The van der Waals surface area contributed by atoms with Crippen LogP contribution in [0.15, 0.2) is 46.4 Å². The molecule has 1 saturated heterocycles. The quantitative estimate of drug-likeness (QED) is 0.476. The molecule has 1 aromatic carbocycles. The van der Waals surface area contributed by atoms with E-state index in [-0.39, 0.29) is 11.8 Å². The van der Waals surface area contributed by atoms with Crippen LogP contribution in [-0.2, 0) is 6.42 Å². The molecule has 1 fully saturated rings. The van der Waals surface area contributed by atoms with Crippen LogP contribution in [-0.4, -0.2) is 38.4 Å². The summed E-state index contributed by atoms with van der Waals surface area (Å²) in [5.74, 6) is 1.62. The molecule has 4 aromatic rings. The van der Waals surface area contributed by atoms with Crippen LogP contribution in [0.2, 0.25) is 0 Å². The number of hydrogen-bond acceptors (Lipinski definition) is 6. The number of nitrogens with one attached hydrogen (secondary N) is 1. The van der Waals surface area contributed by atoms with Crippen molar-refractivity contribution in [2.24, 2.45) is 0 Å². The molecule has 0 bridgehead atoms. The maximum absolute atomic E-state index is 13.3. The minimum atomic E-state index is 0.0181. The molecule has 0 spiro atoms. The molecule has 0 radical (unpaired) electrons. The largest absolute Gasteiger partial charge is 0.361 e. The third-order valence-electron chi connectivity index (χ3n) is 5.89. The smallest absolute Gasteiger partial charge is 0.259 e. The van der Waals surface area contributed by atoms with Gasteiger partial charge in [0.15, 0.2) is 0 Å². The number of aromatic nitrogens is 3. The number of carbonyl (C=O) groups is 1. The average molecular weight is 436 g/mol. The fraction of sp³-hybridized carbons (Fsp3) is 0.348. The minimum absolute atomic E-state index is 0.0181. The molecule has 1 aliphatic rings. The number of benzene rings is 1. The van der Waals surface area contributed by atoms with Gasteiger partial charge in [0.1, 0.15) is 16.2 Å². The highest BCUT2D eigenvalue weighted by molar-refractivity contribution is 7.15. The van der Waals surface area contributed by atoms with Gasteiger partial charge in [0.2, 0.25) is 5.95 Å². The van der Waals surface area contributed by atoms with Gasteiger partial charge in [-0.15, -0.1) is 11.3 Å². The molecule has 1 amide bonds. The van der Waals surface area contributed by atoms with Crippen LogP contribution in [0.1, 0.15) is 53.2 Å². The average Bonchev–Trinajstić information content (AvgIpc) is 3.50. The number of rotatable bonds is 5. The fourth-order valence-corrected chi connectivity index (χ4v) is 5.23. The summed E-state index contributed by atoms with van der Waals surface area (Å²) >= 11 is 1.69. The normalized spacial score (nSPS) is 16.7. The SMILES string of the molecule is CCc1noc(C)c1C(=O)N1CCCC(c2nc(Nc3ccccc3)n3ccsc23)C1. The molecule has 8 heteroatoms. The highest BCUT2D eigenvalue weighted by atomic mass is 32.1. The summed E-state index contributed by atoms with van der Waals surface area (Å²) in [4.78, 5) is 21.3. The van der Waals surface area contributed by atoms with E-state index in [4.69, 9.17) is 9.51 Å². The molecule has 0 aliphatic carbocycles. The molecule has 1 N–H and O–H groups in total. The van der Waals surface area contributed by atoms with Crippen LogP contribution in [0.25, 0.3) is 4.83 Å². The van der Waals surface area contributed by atoms with Crippen molar-refractivity contribution in [2.45, 2.75) is 39.0 Å². The Balaban J connectivity index is 1.42. The number of thiazole rings is 1. The summed E-state index contributed by atoms with van der Waals surface area (Å²) in [7, 11) is 0. The number of carbonyl (C=O) groups excluding carboxylic acids is 1. The number of aryl methyl sites for hydroxylation is 2. The van der Waals surface area contributed by atoms with Gasteiger partial charge in [-0.2, -0.15) is 0 Å². The number of piperidine rings is 1. The zero-order valence-corrected chi connectivity index (χ0v) is 18.5. The van der Waals surface area contributed by atoms with Gasteiger partial charge in [-0.25, -0.2) is 4.98 Å². The van der Waals surface area contributed by atoms with E-state index in [1.54, 1.807) is 11.3 Å². The number of para-hydroxylation sites is 1. The molecule has 3 aromatic heterocycles. The fourth-order valence-electron chi connectivity index (χ4n) is 4.33. The Hall–Kier alpha value is -3.13. The van der Waals surface area contributed by atoms with Gasteiger partial charge in [0, 0.05) is 36.3 Å². The van der Waals surface area contributed by atoms with Crippen molar-refractivity contribution in [3.05, 3.63) is 64.6 Å². The van der Waals surface area contributed by atoms with E-state index in [1.807, 2.05) is 55.3 Å². The number of imidazole rings is 1. The first-order valence-corrected chi connectivity index (χ1v) is 11.6. The zero-order chi connectivity index (χ0) is 21.4. The van der Waals surface area contributed by atoms with Gasteiger partial charge in [-0.1, -0.05) is 30.3 Å². The maximum Gasteiger partial charge on any atom is 0.259 e. The minimum Gasteiger partial charge on any atom is -0.361 e. The van der Waals surface area contributed by atoms with E-state index >= 15 is 0 Å². The van der Waals surface area contributed by atoms with E-state index in [2.05, 4.69) is 20.3 Å². The summed E-state index contributed by atoms with van der Waals surface area (Å²) in [6.07, 6.45) is 4.69. The Morgan fingerprint density at radius 1 is 1.32 bits per heavy atom. The summed E-state index contributed by atoms with van der Waals surface area (Å²) in [6.45, 7) is 5.21. The lowest BCUT2D eigenvalue weighted by Crippen LogP contribution is -2.39. The Kier molecular flexibility index (Phi) is 5.23. The van der Waals surface area contributed by atoms with E-state index in [0.29, 0.717) is 24.3 Å². The van der Waals surface area contributed by atoms with Crippen molar-refractivity contribution in [2.75, 3.05) is 18.4 Å². The van der Waals surface area contributed by atoms with Crippen LogP contribution in [0.4, 0.5) is 11.6 Å². The lowest BCUT2D eigenvalue weighted by atomic mass is 9.94. The first-order chi connectivity index (χ1) is 15.2. The number of amides is 1. The van der Waals surface area contributed by atoms with Gasteiger partial charge in [0.25, 0.3) is 5.91 Å². The lowest BCUT2D eigenvalue weighted by molar-refractivity contribution is 0.0704. The highest BCUT2D eigenvalue weighted by Crippen LogP contribution is 2.34. The second-order valence-corrected chi connectivity index (χ2v) is 8.79. The summed E-state index contributed by atoms with van der Waals surface area (Å²) in [6, 6.07) is 10.1. The summed E-state index contributed by atoms with van der Waals surface area (Å²) in [5, 5.41) is 9.57. The Bertz CT molecular complexity index is 1210. The summed E-state index contributed by atoms with van der Waals surface area (Å²) < 4.78 is 7.40.